The lowest BCUT2D eigenvalue weighted by atomic mass is 10.0. The van der Waals surface area contributed by atoms with Crippen molar-refractivity contribution < 1.29 is 0 Å². The number of rotatable bonds is 2. The van der Waals surface area contributed by atoms with Crippen LogP contribution in [0.2, 0.25) is 0 Å². The fourth-order valence-corrected chi connectivity index (χ4v) is 4.17. The Balaban J connectivity index is 0.000000155. The molecule has 0 saturated heterocycles. The monoisotopic (exact) mass is 500 g/mol. The third-order valence-electron chi connectivity index (χ3n) is 6.12. The summed E-state index contributed by atoms with van der Waals surface area (Å²) in [4.78, 5) is 36.8. The van der Waals surface area contributed by atoms with Gasteiger partial charge in [0.05, 0.1) is 0 Å². The highest BCUT2D eigenvalue weighted by molar-refractivity contribution is 5.69. The summed E-state index contributed by atoms with van der Waals surface area (Å²) in [6.45, 7) is 3.63. The number of aryl methyl sites for hydroxylation is 2. The number of aromatic amines is 2. The molecule has 6 heterocycles. The molecule has 0 radical (unpaired) electrons. The molecule has 6 aromatic rings. The Morgan fingerprint density at radius 1 is 0.711 bits per heavy atom. The summed E-state index contributed by atoms with van der Waals surface area (Å²) in [6.07, 6.45) is 11.0. The molecule has 0 aliphatic heterocycles. The van der Waals surface area contributed by atoms with Gasteiger partial charge < -0.3 is 18.8 Å². The molecule has 0 aliphatic carbocycles. The summed E-state index contributed by atoms with van der Waals surface area (Å²) in [5.74, 6) is 0. The van der Waals surface area contributed by atoms with Gasteiger partial charge in [-0.1, -0.05) is 0 Å². The number of pyridine rings is 4. The standard InChI is InChI=1S/2C14H10N4O/c2*1-9-12(6-11(7-15)14(19)17-9)10-2-3-13-16-4-5-18(13)8-10/h2*2-6,8H,1H3,(H,17,19). The van der Waals surface area contributed by atoms with Gasteiger partial charge in [-0.05, 0) is 50.2 Å². The Morgan fingerprint density at radius 3 is 1.53 bits per heavy atom. The number of hydrogen-bond acceptors (Lipinski definition) is 6. The molecule has 6 aromatic heterocycles. The van der Waals surface area contributed by atoms with Crippen LogP contribution in [0.5, 0.6) is 0 Å². The molecule has 0 spiro atoms. The number of imidazole rings is 2. The number of fused-ring (bicyclic) bond motifs is 2. The van der Waals surface area contributed by atoms with Gasteiger partial charge in [0, 0.05) is 70.8 Å². The van der Waals surface area contributed by atoms with Gasteiger partial charge in [-0.15, -0.1) is 0 Å². The maximum Gasteiger partial charge on any atom is 0.266 e. The van der Waals surface area contributed by atoms with Crippen molar-refractivity contribution in [3.05, 3.63) is 117 Å². The summed E-state index contributed by atoms with van der Waals surface area (Å²) in [7, 11) is 0. The minimum atomic E-state index is -0.354. The lowest BCUT2D eigenvalue weighted by molar-refractivity contribution is 1.12. The maximum absolute atomic E-state index is 11.5. The Labute approximate surface area is 215 Å². The largest absolute Gasteiger partial charge is 0.325 e. The van der Waals surface area contributed by atoms with Gasteiger partial charge in [-0.2, -0.15) is 10.5 Å². The zero-order chi connectivity index (χ0) is 26.8. The first-order chi connectivity index (χ1) is 18.4. The van der Waals surface area contributed by atoms with E-state index in [4.69, 9.17) is 10.5 Å². The molecule has 6 rings (SSSR count). The quantitative estimate of drug-likeness (QED) is 0.370. The molecule has 0 unspecified atom stereocenters. The van der Waals surface area contributed by atoms with Crippen LogP contribution in [-0.4, -0.2) is 28.7 Å². The molecular weight excluding hydrogens is 480 g/mol. The van der Waals surface area contributed by atoms with Crippen LogP contribution in [0.1, 0.15) is 22.5 Å². The summed E-state index contributed by atoms with van der Waals surface area (Å²) in [5, 5.41) is 17.9. The van der Waals surface area contributed by atoms with Crippen molar-refractivity contribution in [1.82, 2.24) is 28.7 Å². The van der Waals surface area contributed by atoms with E-state index in [0.717, 1.165) is 44.9 Å². The Morgan fingerprint density at radius 2 is 1.13 bits per heavy atom. The number of hydrogen-bond donors (Lipinski definition) is 2. The van der Waals surface area contributed by atoms with E-state index in [9.17, 15) is 9.59 Å². The smallest absolute Gasteiger partial charge is 0.266 e. The number of aromatic nitrogens is 6. The molecule has 0 atom stereocenters. The Bertz CT molecular complexity index is 1880. The predicted molar refractivity (Wildman–Crippen MR) is 141 cm³/mol. The molecule has 184 valence electrons. The zero-order valence-corrected chi connectivity index (χ0v) is 20.4. The molecular formula is C28H20N8O2. The minimum Gasteiger partial charge on any atom is -0.325 e. The van der Waals surface area contributed by atoms with E-state index in [1.807, 2.05) is 83.8 Å². The van der Waals surface area contributed by atoms with E-state index >= 15 is 0 Å². The molecule has 0 amide bonds. The third kappa shape index (κ3) is 4.45. The molecule has 38 heavy (non-hydrogen) atoms. The summed E-state index contributed by atoms with van der Waals surface area (Å²) >= 11 is 0. The fourth-order valence-electron chi connectivity index (χ4n) is 4.17. The van der Waals surface area contributed by atoms with Crippen molar-refractivity contribution in [1.29, 1.82) is 10.5 Å². The Hall–Kier alpha value is -5.74. The van der Waals surface area contributed by atoms with E-state index in [0.29, 0.717) is 0 Å². The number of nitriles is 2. The number of nitrogens with one attached hydrogen (secondary N) is 2. The fraction of sp³-hybridized carbons (Fsp3) is 0.0714. The first kappa shape index (κ1) is 24.0. The highest BCUT2D eigenvalue weighted by atomic mass is 16.1. The molecule has 10 heteroatoms. The molecule has 0 aromatic carbocycles. The lowest BCUT2D eigenvalue weighted by Crippen LogP contribution is -2.12. The molecule has 0 fully saturated rings. The van der Waals surface area contributed by atoms with E-state index in [1.54, 1.807) is 24.5 Å². The van der Waals surface area contributed by atoms with Crippen LogP contribution in [0, 0.1) is 36.5 Å². The second kappa shape index (κ2) is 9.72. The average Bonchev–Trinajstić information content (AvgIpc) is 3.58. The summed E-state index contributed by atoms with van der Waals surface area (Å²) < 4.78 is 3.79. The van der Waals surface area contributed by atoms with Gasteiger partial charge in [-0.3, -0.25) is 9.59 Å². The van der Waals surface area contributed by atoms with E-state index in [2.05, 4.69) is 19.9 Å². The van der Waals surface area contributed by atoms with Crippen LogP contribution in [0.25, 0.3) is 33.5 Å². The molecule has 2 N–H and O–H groups in total. The van der Waals surface area contributed by atoms with Gasteiger partial charge in [0.2, 0.25) is 0 Å². The van der Waals surface area contributed by atoms with Crippen molar-refractivity contribution in [3.63, 3.8) is 0 Å². The first-order valence-corrected chi connectivity index (χ1v) is 11.5. The SMILES string of the molecule is Cc1[nH]c(=O)c(C#N)cc1-c1ccc2nccn2c1.Cc1[nH]c(=O)c(C#N)cc1-c1ccc2nccn2c1. The minimum absolute atomic E-state index is 0.117. The molecule has 0 aliphatic rings. The van der Waals surface area contributed by atoms with Gasteiger partial charge in [0.1, 0.15) is 34.6 Å². The lowest BCUT2D eigenvalue weighted by Gasteiger charge is -2.07. The van der Waals surface area contributed by atoms with Gasteiger partial charge in [0.25, 0.3) is 11.1 Å². The van der Waals surface area contributed by atoms with Gasteiger partial charge in [-0.25, -0.2) is 9.97 Å². The van der Waals surface area contributed by atoms with Crippen molar-refractivity contribution in [2.45, 2.75) is 13.8 Å². The summed E-state index contributed by atoms with van der Waals surface area (Å²) in [5.41, 5.74) is 6.24. The normalized spacial score (nSPS) is 10.5. The molecule has 0 saturated carbocycles. The highest BCUT2D eigenvalue weighted by Crippen LogP contribution is 2.23. The summed E-state index contributed by atoms with van der Waals surface area (Å²) in [6, 6.07) is 14.7. The van der Waals surface area contributed by atoms with Crippen molar-refractivity contribution >= 4 is 11.3 Å². The maximum atomic E-state index is 11.5. The predicted octanol–water partition coefficient (Wildman–Crippen LogP) is 3.74. The van der Waals surface area contributed by atoms with E-state index < -0.39 is 0 Å². The van der Waals surface area contributed by atoms with Crippen LogP contribution in [0.3, 0.4) is 0 Å². The van der Waals surface area contributed by atoms with Crippen LogP contribution in [0.15, 0.2) is 83.2 Å². The molecule has 0 bridgehead atoms. The third-order valence-corrected chi connectivity index (χ3v) is 6.12. The van der Waals surface area contributed by atoms with Crippen molar-refractivity contribution in [3.8, 4) is 34.4 Å². The van der Waals surface area contributed by atoms with Gasteiger partial charge >= 0.3 is 0 Å². The average molecular weight is 501 g/mol. The second-order valence-corrected chi connectivity index (χ2v) is 8.55. The van der Waals surface area contributed by atoms with Crippen LogP contribution < -0.4 is 11.1 Å². The van der Waals surface area contributed by atoms with E-state index in [-0.39, 0.29) is 22.2 Å². The van der Waals surface area contributed by atoms with Crippen LogP contribution in [0.4, 0.5) is 0 Å². The van der Waals surface area contributed by atoms with E-state index in [1.165, 1.54) is 0 Å². The Kier molecular flexibility index (Phi) is 6.13. The first-order valence-electron chi connectivity index (χ1n) is 11.5. The van der Waals surface area contributed by atoms with Crippen LogP contribution in [-0.2, 0) is 0 Å². The van der Waals surface area contributed by atoms with Crippen LogP contribution >= 0.6 is 0 Å². The molecule has 10 nitrogen and oxygen atoms in total. The number of nitrogens with zero attached hydrogens (tertiary/aromatic N) is 6. The van der Waals surface area contributed by atoms with Crippen molar-refractivity contribution in [2.75, 3.05) is 0 Å². The van der Waals surface area contributed by atoms with Crippen molar-refractivity contribution in [2.24, 2.45) is 0 Å². The highest BCUT2D eigenvalue weighted by Gasteiger charge is 2.09. The number of H-pyrrole nitrogens is 2. The topological polar surface area (TPSA) is 148 Å². The second-order valence-electron chi connectivity index (χ2n) is 8.55. The van der Waals surface area contributed by atoms with Gasteiger partial charge in [0.15, 0.2) is 0 Å². The zero-order valence-electron chi connectivity index (χ0n) is 20.4.